The van der Waals surface area contributed by atoms with Crippen LogP contribution in [0.1, 0.15) is 44.9 Å². The van der Waals surface area contributed by atoms with Crippen LogP contribution in [0.4, 0.5) is 0 Å². The molecular formula is C14H19BrO3S. The molecule has 3 nitrogen and oxygen atoms in total. The molecule has 0 heterocycles. The molecular weight excluding hydrogens is 328 g/mol. The normalized spacial score (nSPS) is 18.8. The third-order valence-corrected chi connectivity index (χ3v) is 5.32. The summed E-state index contributed by atoms with van der Waals surface area (Å²) in [7, 11) is -3.63. The molecule has 0 bridgehead atoms. The van der Waals surface area contributed by atoms with E-state index in [1.165, 1.54) is 19.3 Å². The fourth-order valence-electron chi connectivity index (χ4n) is 2.35. The average Bonchev–Trinajstić information content (AvgIpc) is 2.33. The maximum Gasteiger partial charge on any atom is 0.297 e. The first-order valence-electron chi connectivity index (χ1n) is 6.77. The highest BCUT2D eigenvalue weighted by Gasteiger charge is 2.22. The fourth-order valence-corrected chi connectivity index (χ4v) is 3.75. The van der Waals surface area contributed by atoms with Crippen molar-refractivity contribution in [2.24, 2.45) is 0 Å². The van der Waals surface area contributed by atoms with E-state index in [4.69, 9.17) is 4.18 Å². The first-order valence-corrected chi connectivity index (χ1v) is 8.97. The summed E-state index contributed by atoms with van der Waals surface area (Å²) in [6, 6.07) is 6.58. The molecule has 0 spiro atoms. The summed E-state index contributed by atoms with van der Waals surface area (Å²) in [4.78, 5) is 0.234. The Labute approximate surface area is 123 Å². The minimum atomic E-state index is -3.63. The molecule has 1 aromatic rings. The predicted octanol–water partition coefficient (Wildman–Crippen LogP) is 4.27. The van der Waals surface area contributed by atoms with E-state index in [1.54, 1.807) is 24.3 Å². The Morgan fingerprint density at radius 3 is 2.05 bits per heavy atom. The maximum atomic E-state index is 12.2. The molecule has 2 rings (SSSR count). The van der Waals surface area contributed by atoms with Gasteiger partial charge in [-0.05, 0) is 37.1 Å². The zero-order valence-electron chi connectivity index (χ0n) is 10.8. The Bertz CT molecular complexity index is 488. The van der Waals surface area contributed by atoms with Crippen LogP contribution in [0.5, 0.6) is 0 Å². The summed E-state index contributed by atoms with van der Waals surface area (Å²) in [6.07, 6.45) is 7.25. The molecule has 1 aromatic carbocycles. The first kappa shape index (κ1) is 15.0. The van der Waals surface area contributed by atoms with Gasteiger partial charge in [0.15, 0.2) is 0 Å². The molecule has 0 amide bonds. The molecule has 1 aliphatic carbocycles. The second kappa shape index (κ2) is 6.86. The summed E-state index contributed by atoms with van der Waals surface area (Å²) in [5.74, 6) is 0. The van der Waals surface area contributed by atoms with Crippen molar-refractivity contribution in [2.45, 2.75) is 55.9 Å². The van der Waals surface area contributed by atoms with Crippen molar-refractivity contribution in [3.05, 3.63) is 28.7 Å². The molecule has 1 saturated carbocycles. The highest BCUT2D eigenvalue weighted by atomic mass is 79.9. The van der Waals surface area contributed by atoms with Gasteiger partial charge >= 0.3 is 0 Å². The highest BCUT2D eigenvalue weighted by molar-refractivity contribution is 9.10. The smallest absolute Gasteiger partial charge is 0.263 e. The van der Waals surface area contributed by atoms with Gasteiger partial charge in [-0.3, -0.25) is 4.18 Å². The van der Waals surface area contributed by atoms with E-state index in [9.17, 15) is 8.42 Å². The molecule has 0 unspecified atom stereocenters. The first-order chi connectivity index (χ1) is 9.08. The monoisotopic (exact) mass is 346 g/mol. The van der Waals surface area contributed by atoms with Crippen molar-refractivity contribution in [1.29, 1.82) is 0 Å². The summed E-state index contributed by atoms with van der Waals surface area (Å²) >= 11 is 3.29. The molecule has 0 aliphatic heterocycles. The summed E-state index contributed by atoms with van der Waals surface area (Å²) in [5, 5.41) is 0. The standard InChI is InChI=1S/C14H19BrO3S/c15-12-8-10-14(11-9-12)19(16,17)18-13-6-4-2-1-3-5-7-13/h8-11,13H,1-7H2. The van der Waals surface area contributed by atoms with Gasteiger partial charge in [0.2, 0.25) is 0 Å². The summed E-state index contributed by atoms with van der Waals surface area (Å²) in [5.41, 5.74) is 0. The second-order valence-electron chi connectivity index (χ2n) is 4.97. The molecule has 0 atom stereocenters. The van der Waals surface area contributed by atoms with Crippen molar-refractivity contribution in [3.8, 4) is 0 Å². The zero-order valence-corrected chi connectivity index (χ0v) is 13.2. The molecule has 1 aliphatic rings. The predicted molar refractivity (Wildman–Crippen MR) is 78.5 cm³/mol. The van der Waals surface area contributed by atoms with E-state index >= 15 is 0 Å². The lowest BCUT2D eigenvalue weighted by molar-refractivity contribution is 0.174. The van der Waals surface area contributed by atoms with Crippen LogP contribution in [-0.4, -0.2) is 14.5 Å². The lowest BCUT2D eigenvalue weighted by atomic mass is 9.99. The van der Waals surface area contributed by atoms with E-state index in [1.807, 2.05) is 0 Å². The van der Waals surface area contributed by atoms with Crippen LogP contribution in [0.25, 0.3) is 0 Å². The SMILES string of the molecule is O=S(=O)(OC1CCCCCCC1)c1ccc(Br)cc1. The van der Waals surface area contributed by atoms with Gasteiger partial charge in [-0.25, -0.2) is 0 Å². The Hall–Kier alpha value is -0.390. The van der Waals surface area contributed by atoms with Crippen molar-refractivity contribution in [3.63, 3.8) is 0 Å². The zero-order chi connectivity index (χ0) is 13.7. The van der Waals surface area contributed by atoms with Crippen LogP contribution in [0.2, 0.25) is 0 Å². The molecule has 0 aromatic heterocycles. The van der Waals surface area contributed by atoms with Gasteiger partial charge in [0.1, 0.15) is 0 Å². The van der Waals surface area contributed by atoms with Crippen LogP contribution in [0, 0.1) is 0 Å². The number of hydrogen-bond donors (Lipinski definition) is 0. The molecule has 5 heteroatoms. The average molecular weight is 347 g/mol. The van der Waals surface area contributed by atoms with Gasteiger partial charge in [-0.15, -0.1) is 0 Å². The molecule has 0 radical (unpaired) electrons. The van der Waals surface area contributed by atoms with E-state index in [2.05, 4.69) is 15.9 Å². The van der Waals surface area contributed by atoms with Gasteiger partial charge in [-0.1, -0.05) is 48.0 Å². The summed E-state index contributed by atoms with van der Waals surface area (Å²) < 4.78 is 30.6. The van der Waals surface area contributed by atoms with Crippen molar-refractivity contribution in [2.75, 3.05) is 0 Å². The van der Waals surface area contributed by atoms with E-state index in [0.29, 0.717) is 0 Å². The lowest BCUT2D eigenvalue weighted by Gasteiger charge is -2.19. The fraction of sp³-hybridized carbons (Fsp3) is 0.571. The maximum absolute atomic E-state index is 12.2. The minimum Gasteiger partial charge on any atom is -0.263 e. The number of rotatable bonds is 3. The number of hydrogen-bond acceptors (Lipinski definition) is 3. The van der Waals surface area contributed by atoms with Crippen molar-refractivity contribution in [1.82, 2.24) is 0 Å². The molecule has 0 saturated heterocycles. The third kappa shape index (κ3) is 4.58. The van der Waals surface area contributed by atoms with E-state index < -0.39 is 10.1 Å². The van der Waals surface area contributed by atoms with E-state index in [0.717, 1.165) is 30.2 Å². The van der Waals surface area contributed by atoms with Gasteiger partial charge in [0.25, 0.3) is 10.1 Å². The van der Waals surface area contributed by atoms with Crippen LogP contribution >= 0.6 is 15.9 Å². The third-order valence-electron chi connectivity index (χ3n) is 3.42. The quantitative estimate of drug-likeness (QED) is 0.767. The van der Waals surface area contributed by atoms with Gasteiger partial charge in [0, 0.05) is 4.47 Å². The second-order valence-corrected chi connectivity index (χ2v) is 7.46. The Morgan fingerprint density at radius 1 is 0.947 bits per heavy atom. The van der Waals surface area contributed by atoms with Gasteiger partial charge < -0.3 is 0 Å². The van der Waals surface area contributed by atoms with Crippen molar-refractivity contribution >= 4 is 26.0 Å². The molecule has 19 heavy (non-hydrogen) atoms. The van der Waals surface area contributed by atoms with Crippen LogP contribution < -0.4 is 0 Å². The Kier molecular flexibility index (Phi) is 5.42. The highest BCUT2D eigenvalue weighted by Crippen LogP contribution is 2.24. The van der Waals surface area contributed by atoms with Crippen LogP contribution in [0.15, 0.2) is 33.6 Å². The Balaban J connectivity index is 2.05. The lowest BCUT2D eigenvalue weighted by Crippen LogP contribution is -2.19. The summed E-state index contributed by atoms with van der Waals surface area (Å²) in [6.45, 7) is 0. The number of benzene rings is 1. The number of halogens is 1. The van der Waals surface area contributed by atoms with Gasteiger partial charge in [-0.2, -0.15) is 8.42 Å². The topological polar surface area (TPSA) is 43.4 Å². The molecule has 106 valence electrons. The largest absolute Gasteiger partial charge is 0.297 e. The van der Waals surface area contributed by atoms with Gasteiger partial charge in [0.05, 0.1) is 11.0 Å². The van der Waals surface area contributed by atoms with Crippen molar-refractivity contribution < 1.29 is 12.6 Å². The minimum absolute atomic E-state index is 0.158. The molecule has 0 N–H and O–H groups in total. The Morgan fingerprint density at radius 2 is 1.47 bits per heavy atom. The van der Waals surface area contributed by atoms with E-state index in [-0.39, 0.29) is 11.0 Å². The van der Waals surface area contributed by atoms with Crippen LogP contribution in [-0.2, 0) is 14.3 Å². The van der Waals surface area contributed by atoms with Crippen LogP contribution in [0.3, 0.4) is 0 Å². The molecule has 1 fully saturated rings.